The summed E-state index contributed by atoms with van der Waals surface area (Å²) < 4.78 is 13.6. The Morgan fingerprint density at radius 1 is 1.28 bits per heavy atom. The maximum absolute atomic E-state index is 13.6. The number of nitro benzene ring substituents is 1. The van der Waals surface area contributed by atoms with Gasteiger partial charge in [0, 0.05) is 11.6 Å². The van der Waals surface area contributed by atoms with Gasteiger partial charge >= 0.3 is 0 Å². The Hall–Kier alpha value is -2.14. The van der Waals surface area contributed by atoms with Crippen LogP contribution in [0.5, 0.6) is 0 Å². The molecule has 0 unspecified atom stereocenters. The van der Waals surface area contributed by atoms with Crippen LogP contribution in [-0.2, 0) is 0 Å². The molecule has 0 amide bonds. The number of hydrogen-bond donors (Lipinski definition) is 1. The first-order chi connectivity index (χ1) is 8.50. The number of nitrogens with two attached hydrogens (primary N) is 1. The minimum Gasteiger partial charge on any atom is -0.392 e. The summed E-state index contributed by atoms with van der Waals surface area (Å²) in [5.74, 6) is -0.479. The molecule has 0 fully saturated rings. The van der Waals surface area contributed by atoms with E-state index in [1.165, 1.54) is 30.3 Å². The molecule has 2 rings (SSSR count). The highest BCUT2D eigenvalue weighted by atomic mass is 35.5. The van der Waals surface area contributed by atoms with Crippen molar-refractivity contribution in [3.05, 3.63) is 57.4 Å². The van der Waals surface area contributed by atoms with Crippen LogP contribution in [0.4, 0.5) is 15.8 Å². The average Bonchev–Trinajstić information content (AvgIpc) is 2.33. The predicted molar refractivity (Wildman–Crippen MR) is 67.9 cm³/mol. The molecule has 4 nitrogen and oxygen atoms in total. The lowest BCUT2D eigenvalue weighted by Crippen LogP contribution is -1.97. The van der Waals surface area contributed by atoms with Gasteiger partial charge in [-0.15, -0.1) is 0 Å². The molecule has 0 bridgehead atoms. The van der Waals surface area contributed by atoms with E-state index in [4.69, 9.17) is 17.3 Å². The maximum atomic E-state index is 13.6. The third-order valence-electron chi connectivity index (χ3n) is 2.49. The highest BCUT2D eigenvalue weighted by Gasteiger charge is 2.18. The summed E-state index contributed by atoms with van der Waals surface area (Å²) in [6.07, 6.45) is 0. The van der Waals surface area contributed by atoms with Crippen LogP contribution in [0.15, 0.2) is 36.4 Å². The van der Waals surface area contributed by atoms with Gasteiger partial charge in [-0.2, -0.15) is 0 Å². The maximum Gasteiger partial charge on any atom is 0.294 e. The molecule has 0 aliphatic carbocycles. The molecule has 92 valence electrons. The van der Waals surface area contributed by atoms with Crippen LogP contribution in [0.3, 0.4) is 0 Å². The minimum absolute atomic E-state index is 0.0300. The van der Waals surface area contributed by atoms with Crippen molar-refractivity contribution in [2.45, 2.75) is 0 Å². The van der Waals surface area contributed by atoms with E-state index in [2.05, 4.69) is 0 Å². The summed E-state index contributed by atoms with van der Waals surface area (Å²) in [6, 6.07) is 8.56. The van der Waals surface area contributed by atoms with Crippen molar-refractivity contribution in [1.29, 1.82) is 0 Å². The fourth-order valence-corrected chi connectivity index (χ4v) is 1.82. The van der Waals surface area contributed by atoms with Crippen LogP contribution in [0, 0.1) is 15.9 Å². The molecule has 18 heavy (non-hydrogen) atoms. The first-order valence-corrected chi connectivity index (χ1v) is 5.37. The molecule has 0 aromatic heterocycles. The second kappa shape index (κ2) is 4.62. The second-order valence-corrected chi connectivity index (χ2v) is 4.04. The molecule has 6 heteroatoms. The summed E-state index contributed by atoms with van der Waals surface area (Å²) in [6.45, 7) is 0. The molecule has 2 aromatic rings. The largest absolute Gasteiger partial charge is 0.392 e. The molecule has 2 N–H and O–H groups in total. The standard InChI is InChI=1S/C12H8ClFN2O2/c13-9-5-7(6-11(12(9)15)16(17)18)8-3-1-2-4-10(8)14/h1-6H,15H2. The lowest BCUT2D eigenvalue weighted by atomic mass is 10.0. The van der Waals surface area contributed by atoms with Gasteiger partial charge in [0.1, 0.15) is 11.5 Å². The topological polar surface area (TPSA) is 69.2 Å². The van der Waals surface area contributed by atoms with Gasteiger partial charge in [-0.25, -0.2) is 4.39 Å². The smallest absolute Gasteiger partial charge is 0.294 e. The van der Waals surface area contributed by atoms with E-state index in [1.54, 1.807) is 6.07 Å². The first kappa shape index (κ1) is 12.3. The van der Waals surface area contributed by atoms with Crippen molar-refractivity contribution < 1.29 is 9.31 Å². The van der Waals surface area contributed by atoms with E-state index in [0.717, 1.165) is 0 Å². The highest BCUT2D eigenvalue weighted by molar-refractivity contribution is 6.34. The Balaban J connectivity index is 2.67. The van der Waals surface area contributed by atoms with Gasteiger partial charge in [0.05, 0.1) is 9.95 Å². The van der Waals surface area contributed by atoms with Gasteiger partial charge < -0.3 is 5.73 Å². The van der Waals surface area contributed by atoms with E-state index < -0.39 is 10.7 Å². The Morgan fingerprint density at radius 3 is 2.56 bits per heavy atom. The fraction of sp³-hybridized carbons (Fsp3) is 0. The Bertz CT molecular complexity index is 631. The Morgan fingerprint density at radius 2 is 1.94 bits per heavy atom. The van der Waals surface area contributed by atoms with E-state index in [-0.39, 0.29) is 22.0 Å². The summed E-state index contributed by atoms with van der Waals surface area (Å²) in [5.41, 5.74) is 5.60. The molecule has 0 saturated heterocycles. The minimum atomic E-state index is -0.647. The van der Waals surface area contributed by atoms with E-state index in [0.29, 0.717) is 5.56 Å². The van der Waals surface area contributed by atoms with Crippen LogP contribution in [0.25, 0.3) is 11.1 Å². The van der Waals surface area contributed by atoms with E-state index in [9.17, 15) is 14.5 Å². The molecule has 0 aliphatic rings. The van der Waals surface area contributed by atoms with Crippen molar-refractivity contribution in [3.63, 3.8) is 0 Å². The first-order valence-electron chi connectivity index (χ1n) is 4.99. The number of rotatable bonds is 2. The van der Waals surface area contributed by atoms with Gasteiger partial charge in [-0.1, -0.05) is 29.8 Å². The second-order valence-electron chi connectivity index (χ2n) is 3.63. The predicted octanol–water partition coefficient (Wildman–Crippen LogP) is 3.64. The number of halogens is 2. The number of hydrogen-bond acceptors (Lipinski definition) is 3. The van der Waals surface area contributed by atoms with Crippen molar-refractivity contribution in [1.82, 2.24) is 0 Å². The van der Waals surface area contributed by atoms with Gasteiger partial charge in [-0.3, -0.25) is 10.1 Å². The van der Waals surface area contributed by atoms with Crippen LogP contribution < -0.4 is 5.73 Å². The quantitative estimate of drug-likeness (QED) is 0.512. The van der Waals surface area contributed by atoms with Crippen LogP contribution in [0.1, 0.15) is 0 Å². The van der Waals surface area contributed by atoms with Crippen LogP contribution in [0.2, 0.25) is 5.02 Å². The monoisotopic (exact) mass is 266 g/mol. The zero-order valence-corrected chi connectivity index (χ0v) is 9.82. The molecule has 0 spiro atoms. The number of benzene rings is 2. The Kier molecular flexibility index (Phi) is 3.16. The molecule has 0 saturated carbocycles. The molecule has 0 heterocycles. The third-order valence-corrected chi connectivity index (χ3v) is 2.80. The van der Waals surface area contributed by atoms with Gasteiger partial charge in [0.2, 0.25) is 0 Å². The number of anilines is 1. The van der Waals surface area contributed by atoms with E-state index in [1.807, 2.05) is 0 Å². The molecular weight excluding hydrogens is 259 g/mol. The third kappa shape index (κ3) is 2.12. The van der Waals surface area contributed by atoms with Crippen LogP contribution >= 0.6 is 11.6 Å². The van der Waals surface area contributed by atoms with Crippen LogP contribution in [-0.4, -0.2) is 4.92 Å². The number of nitrogens with zero attached hydrogens (tertiary/aromatic N) is 1. The van der Waals surface area contributed by atoms with Crippen molar-refractivity contribution >= 4 is 23.0 Å². The molecule has 2 aromatic carbocycles. The number of nitro groups is 1. The molecular formula is C12H8ClFN2O2. The molecule has 0 radical (unpaired) electrons. The summed E-state index contributed by atoms with van der Waals surface area (Å²) >= 11 is 5.81. The molecule has 0 atom stereocenters. The molecule has 0 aliphatic heterocycles. The van der Waals surface area contributed by atoms with Crippen molar-refractivity contribution in [3.8, 4) is 11.1 Å². The van der Waals surface area contributed by atoms with Gasteiger partial charge in [0.25, 0.3) is 5.69 Å². The lowest BCUT2D eigenvalue weighted by Gasteiger charge is -2.06. The summed E-state index contributed by atoms with van der Waals surface area (Å²) in [5, 5.41) is 10.8. The Labute approximate surface area is 107 Å². The van der Waals surface area contributed by atoms with E-state index >= 15 is 0 Å². The highest BCUT2D eigenvalue weighted by Crippen LogP contribution is 2.35. The zero-order chi connectivity index (χ0) is 13.3. The summed E-state index contributed by atoms with van der Waals surface area (Å²) in [4.78, 5) is 10.2. The van der Waals surface area contributed by atoms with Gasteiger partial charge in [0.15, 0.2) is 0 Å². The average molecular weight is 267 g/mol. The van der Waals surface area contributed by atoms with Crippen molar-refractivity contribution in [2.24, 2.45) is 0 Å². The normalized spacial score (nSPS) is 10.3. The summed E-state index contributed by atoms with van der Waals surface area (Å²) in [7, 11) is 0. The lowest BCUT2D eigenvalue weighted by molar-refractivity contribution is -0.383. The number of nitrogen functional groups attached to an aromatic ring is 1. The van der Waals surface area contributed by atoms with Gasteiger partial charge in [-0.05, 0) is 17.7 Å². The SMILES string of the molecule is Nc1c(Cl)cc(-c2ccccc2F)cc1[N+](=O)[O-]. The van der Waals surface area contributed by atoms with Crippen molar-refractivity contribution in [2.75, 3.05) is 5.73 Å². The fourth-order valence-electron chi connectivity index (χ4n) is 1.61. The zero-order valence-electron chi connectivity index (χ0n) is 9.06.